The quantitative estimate of drug-likeness (QED) is 0.272. The van der Waals surface area contributed by atoms with Crippen molar-refractivity contribution < 1.29 is 18.9 Å². The molecule has 1 rings (SSSR count). The molecule has 0 amide bonds. The van der Waals surface area contributed by atoms with Crippen LogP contribution >= 0.6 is 0 Å². The van der Waals surface area contributed by atoms with Gasteiger partial charge in [-0.25, -0.2) is 11.6 Å². The summed E-state index contributed by atoms with van der Waals surface area (Å²) in [7, 11) is 0. The summed E-state index contributed by atoms with van der Waals surface area (Å²) >= 11 is 0. The van der Waals surface area contributed by atoms with Gasteiger partial charge in [-0.1, -0.05) is 6.92 Å². The molecular formula is C6H7Li. The fourth-order valence-corrected chi connectivity index (χ4v) is 0.470. The molecule has 0 fully saturated rings. The standard InChI is InChI=1S/C6H7.Li/c1-6-4-2-3-5-6;/h2-5H,1H3;/q-1;+1. The maximum atomic E-state index is 2.08. The molecule has 0 nitrogen and oxygen atoms in total. The average Bonchev–Trinajstić information content (AvgIpc) is 1.86. The molecule has 0 bridgehead atoms. The molecule has 7 heavy (non-hydrogen) atoms. The van der Waals surface area contributed by atoms with Crippen molar-refractivity contribution in [1.29, 1.82) is 0 Å². The molecule has 0 unspecified atom stereocenters. The summed E-state index contributed by atoms with van der Waals surface area (Å²) < 4.78 is 0. The zero-order valence-corrected chi connectivity index (χ0v) is 4.81. The second kappa shape index (κ2) is 3.02. The maximum absolute atomic E-state index is 2.08. The van der Waals surface area contributed by atoms with Crippen LogP contribution in [0.2, 0.25) is 0 Å². The Labute approximate surface area is 56.1 Å². The van der Waals surface area contributed by atoms with Crippen molar-refractivity contribution in [3.63, 3.8) is 0 Å². The monoisotopic (exact) mass is 86.1 g/mol. The molecule has 0 spiro atoms. The van der Waals surface area contributed by atoms with E-state index in [1.807, 2.05) is 12.1 Å². The van der Waals surface area contributed by atoms with E-state index >= 15 is 0 Å². The van der Waals surface area contributed by atoms with Crippen molar-refractivity contribution in [3.8, 4) is 0 Å². The average molecular weight is 86.1 g/mol. The molecule has 1 heteroatoms. The van der Waals surface area contributed by atoms with Crippen LogP contribution in [0.3, 0.4) is 0 Å². The van der Waals surface area contributed by atoms with Gasteiger partial charge >= 0.3 is 18.9 Å². The smallest absolute Gasteiger partial charge is 0.211 e. The molecule has 1 aromatic rings. The first-order valence-corrected chi connectivity index (χ1v) is 2.08. The third-order valence-electron chi connectivity index (χ3n) is 0.829. The first-order valence-electron chi connectivity index (χ1n) is 2.08. The van der Waals surface area contributed by atoms with Crippen LogP contribution in [0, 0.1) is 6.92 Å². The second-order valence-electron chi connectivity index (χ2n) is 1.46. The molecular weight excluding hydrogens is 79.0 g/mol. The maximum Gasteiger partial charge on any atom is 1.00 e. The first kappa shape index (κ1) is 6.95. The third kappa shape index (κ3) is 1.92. The minimum atomic E-state index is 0. The van der Waals surface area contributed by atoms with E-state index in [9.17, 15) is 0 Å². The van der Waals surface area contributed by atoms with Gasteiger partial charge in [0.25, 0.3) is 0 Å². The van der Waals surface area contributed by atoms with Gasteiger partial charge < -0.3 is 0 Å². The number of hydrogen-bond donors (Lipinski definition) is 0. The van der Waals surface area contributed by atoms with E-state index in [-0.39, 0.29) is 18.9 Å². The van der Waals surface area contributed by atoms with E-state index in [2.05, 4.69) is 19.1 Å². The summed E-state index contributed by atoms with van der Waals surface area (Å²) in [6.07, 6.45) is 0. The fraction of sp³-hybridized carbons (Fsp3) is 0.167. The van der Waals surface area contributed by atoms with E-state index < -0.39 is 0 Å². The molecule has 0 N–H and O–H groups in total. The Morgan fingerprint density at radius 3 is 2.43 bits per heavy atom. The van der Waals surface area contributed by atoms with Gasteiger partial charge in [-0.3, -0.25) is 0 Å². The van der Waals surface area contributed by atoms with Crippen molar-refractivity contribution in [3.05, 3.63) is 29.8 Å². The summed E-state index contributed by atoms with van der Waals surface area (Å²) in [4.78, 5) is 0. The summed E-state index contributed by atoms with van der Waals surface area (Å²) in [5.41, 5.74) is 1.34. The Morgan fingerprint density at radius 2 is 2.29 bits per heavy atom. The van der Waals surface area contributed by atoms with Crippen molar-refractivity contribution in [1.82, 2.24) is 0 Å². The van der Waals surface area contributed by atoms with Crippen LogP contribution in [0.1, 0.15) is 5.56 Å². The molecule has 0 aliphatic rings. The predicted octanol–water partition coefficient (Wildman–Crippen LogP) is -1.28. The zero-order chi connectivity index (χ0) is 4.41. The van der Waals surface area contributed by atoms with Crippen LogP contribution in [0.25, 0.3) is 0 Å². The van der Waals surface area contributed by atoms with Crippen molar-refractivity contribution >= 4 is 0 Å². The summed E-state index contributed by atoms with van der Waals surface area (Å²) in [6.45, 7) is 2.08. The predicted molar refractivity (Wildman–Crippen MR) is 26.8 cm³/mol. The number of rotatable bonds is 0. The van der Waals surface area contributed by atoms with Crippen LogP contribution in [0.4, 0.5) is 0 Å². The third-order valence-corrected chi connectivity index (χ3v) is 0.829. The van der Waals surface area contributed by atoms with Gasteiger partial charge in [-0.05, 0) is 0 Å². The molecule has 0 saturated heterocycles. The Morgan fingerprint density at radius 1 is 1.57 bits per heavy atom. The van der Waals surface area contributed by atoms with Crippen LogP contribution in [0.15, 0.2) is 24.3 Å². The molecule has 0 heterocycles. The van der Waals surface area contributed by atoms with Gasteiger partial charge in [0, 0.05) is 0 Å². The van der Waals surface area contributed by atoms with Gasteiger partial charge in [-0.15, -0.1) is 0 Å². The van der Waals surface area contributed by atoms with E-state index in [4.69, 9.17) is 0 Å². The molecule has 0 aliphatic heterocycles. The zero-order valence-electron chi connectivity index (χ0n) is 4.81. The van der Waals surface area contributed by atoms with Gasteiger partial charge in [0.05, 0.1) is 0 Å². The SMILES string of the molecule is Cc1cc[cH-]c1.[Li+]. The molecule has 32 valence electrons. The van der Waals surface area contributed by atoms with E-state index in [1.54, 1.807) is 0 Å². The van der Waals surface area contributed by atoms with Crippen molar-refractivity contribution in [2.24, 2.45) is 0 Å². The second-order valence-corrected chi connectivity index (χ2v) is 1.46. The normalized spacial score (nSPS) is 7.57. The van der Waals surface area contributed by atoms with Crippen LogP contribution in [0.5, 0.6) is 0 Å². The Kier molecular flexibility index (Phi) is 2.99. The van der Waals surface area contributed by atoms with Crippen LogP contribution < -0.4 is 18.9 Å². The molecule has 0 atom stereocenters. The Balaban J connectivity index is 0.000000360. The van der Waals surface area contributed by atoms with E-state index in [1.165, 1.54) is 5.56 Å². The van der Waals surface area contributed by atoms with Gasteiger partial charge in [0.1, 0.15) is 0 Å². The summed E-state index contributed by atoms with van der Waals surface area (Å²) in [5.74, 6) is 0. The fourth-order valence-electron chi connectivity index (χ4n) is 0.470. The number of hydrogen-bond acceptors (Lipinski definition) is 0. The van der Waals surface area contributed by atoms with Gasteiger partial charge in [-0.2, -0.15) is 18.2 Å². The van der Waals surface area contributed by atoms with Gasteiger partial charge in [0.15, 0.2) is 0 Å². The van der Waals surface area contributed by atoms with E-state index in [0.29, 0.717) is 0 Å². The van der Waals surface area contributed by atoms with Crippen molar-refractivity contribution in [2.75, 3.05) is 0 Å². The minimum absolute atomic E-state index is 0. The first-order chi connectivity index (χ1) is 2.89. The topological polar surface area (TPSA) is 0 Å². The molecule has 1 aromatic carbocycles. The minimum Gasteiger partial charge on any atom is -0.211 e. The van der Waals surface area contributed by atoms with E-state index in [0.717, 1.165) is 0 Å². The van der Waals surface area contributed by atoms with Gasteiger partial charge in [0.2, 0.25) is 0 Å². The largest absolute Gasteiger partial charge is 1.00 e. The summed E-state index contributed by atoms with van der Waals surface area (Å²) in [6, 6.07) is 8.24. The molecule has 0 radical (unpaired) electrons. The Hall–Kier alpha value is -0.0526. The molecule has 0 saturated carbocycles. The summed E-state index contributed by atoms with van der Waals surface area (Å²) in [5, 5.41) is 0. The van der Waals surface area contributed by atoms with Crippen molar-refractivity contribution in [2.45, 2.75) is 6.92 Å². The number of aryl methyl sites for hydroxylation is 1. The molecule has 0 aliphatic carbocycles. The molecule has 0 aromatic heterocycles. The Bertz CT molecular complexity index is 108. The van der Waals surface area contributed by atoms with Crippen LogP contribution in [-0.4, -0.2) is 0 Å². The van der Waals surface area contributed by atoms with Crippen LogP contribution in [-0.2, 0) is 0 Å².